The van der Waals surface area contributed by atoms with E-state index in [1.165, 1.54) is 19.2 Å². The van der Waals surface area contributed by atoms with Crippen LogP contribution in [-0.2, 0) is 10.0 Å². The molecule has 0 aromatic heterocycles. The Hall–Kier alpha value is -1.60. The zero-order valence-corrected chi connectivity index (χ0v) is 12.9. The van der Waals surface area contributed by atoms with Gasteiger partial charge in [-0.3, -0.25) is 4.31 Å². The van der Waals surface area contributed by atoms with Crippen molar-refractivity contribution in [1.29, 1.82) is 0 Å². The van der Waals surface area contributed by atoms with E-state index < -0.39 is 15.8 Å². The summed E-state index contributed by atoms with van der Waals surface area (Å²) in [6, 6.07) is 10.1. The summed E-state index contributed by atoms with van der Waals surface area (Å²) in [5.41, 5.74) is 6.48. The molecule has 0 heterocycles. The molecule has 0 saturated heterocycles. The van der Waals surface area contributed by atoms with Crippen LogP contribution in [0.5, 0.6) is 0 Å². The van der Waals surface area contributed by atoms with Gasteiger partial charge >= 0.3 is 0 Å². The van der Waals surface area contributed by atoms with E-state index in [2.05, 4.69) is 15.9 Å². The first-order valence-electron chi connectivity index (χ1n) is 5.62. The lowest BCUT2D eigenvalue weighted by Gasteiger charge is -2.20. The molecule has 0 radical (unpaired) electrons. The van der Waals surface area contributed by atoms with Crippen molar-refractivity contribution in [2.24, 2.45) is 0 Å². The Kier molecular flexibility index (Phi) is 4.01. The van der Waals surface area contributed by atoms with Crippen LogP contribution in [-0.4, -0.2) is 15.5 Å². The number of hydrogen-bond donors (Lipinski definition) is 1. The van der Waals surface area contributed by atoms with Crippen LogP contribution >= 0.6 is 15.9 Å². The molecule has 2 aromatic rings. The van der Waals surface area contributed by atoms with E-state index in [9.17, 15) is 12.8 Å². The summed E-state index contributed by atoms with van der Waals surface area (Å²) in [5, 5.41) is 0. The summed E-state index contributed by atoms with van der Waals surface area (Å²) >= 11 is 3.09. The Labute approximate surface area is 125 Å². The van der Waals surface area contributed by atoms with E-state index in [-0.39, 0.29) is 4.90 Å². The van der Waals surface area contributed by atoms with Gasteiger partial charge < -0.3 is 5.73 Å². The SMILES string of the molecule is CN(c1ccc(N)cc1)S(=O)(=O)c1ccc(Br)cc1F. The summed E-state index contributed by atoms with van der Waals surface area (Å²) < 4.78 is 40.1. The summed E-state index contributed by atoms with van der Waals surface area (Å²) in [6.45, 7) is 0. The molecule has 0 unspecified atom stereocenters. The number of nitrogen functional groups attached to an aromatic ring is 1. The van der Waals surface area contributed by atoms with Gasteiger partial charge in [-0.15, -0.1) is 0 Å². The van der Waals surface area contributed by atoms with Gasteiger partial charge in [0.05, 0.1) is 5.69 Å². The van der Waals surface area contributed by atoms with Gasteiger partial charge in [0.1, 0.15) is 10.7 Å². The molecule has 0 spiro atoms. The van der Waals surface area contributed by atoms with E-state index in [0.29, 0.717) is 15.8 Å². The lowest BCUT2D eigenvalue weighted by molar-refractivity contribution is 0.565. The third-order valence-corrected chi connectivity index (χ3v) is 5.10. The number of nitrogens with two attached hydrogens (primary N) is 1. The minimum Gasteiger partial charge on any atom is -0.399 e. The highest BCUT2D eigenvalue weighted by molar-refractivity contribution is 9.10. The van der Waals surface area contributed by atoms with Crippen molar-refractivity contribution >= 4 is 37.3 Å². The van der Waals surface area contributed by atoms with Gasteiger partial charge in [-0.25, -0.2) is 12.8 Å². The standard InChI is InChI=1S/C13H12BrFN2O2S/c1-17(11-5-3-10(16)4-6-11)20(18,19)13-7-2-9(14)8-12(13)15/h2-8H,16H2,1H3. The van der Waals surface area contributed by atoms with Crippen LogP contribution in [0.4, 0.5) is 15.8 Å². The monoisotopic (exact) mass is 358 g/mol. The molecule has 106 valence electrons. The smallest absolute Gasteiger partial charge is 0.266 e. The molecule has 2 N–H and O–H groups in total. The van der Waals surface area contributed by atoms with Crippen LogP contribution in [0, 0.1) is 5.82 Å². The van der Waals surface area contributed by atoms with E-state index in [4.69, 9.17) is 5.73 Å². The fourth-order valence-corrected chi connectivity index (χ4v) is 3.23. The number of anilines is 2. The summed E-state index contributed by atoms with van der Waals surface area (Å²) in [4.78, 5) is -0.375. The van der Waals surface area contributed by atoms with Crippen LogP contribution in [0.25, 0.3) is 0 Å². The number of benzene rings is 2. The van der Waals surface area contributed by atoms with Crippen LogP contribution in [0.15, 0.2) is 51.8 Å². The molecule has 2 aromatic carbocycles. The maximum Gasteiger partial charge on any atom is 0.266 e. The van der Waals surface area contributed by atoms with Crippen molar-refractivity contribution < 1.29 is 12.8 Å². The minimum atomic E-state index is -3.96. The molecule has 2 rings (SSSR count). The maximum atomic E-state index is 13.8. The first kappa shape index (κ1) is 14.8. The normalized spacial score (nSPS) is 11.3. The second kappa shape index (κ2) is 5.41. The van der Waals surface area contributed by atoms with E-state index >= 15 is 0 Å². The highest BCUT2D eigenvalue weighted by Gasteiger charge is 2.24. The van der Waals surface area contributed by atoms with Crippen LogP contribution in [0.1, 0.15) is 0 Å². The summed E-state index contributed by atoms with van der Waals surface area (Å²) in [7, 11) is -2.59. The molecular formula is C13H12BrFN2O2S. The van der Waals surface area contributed by atoms with Gasteiger partial charge in [-0.2, -0.15) is 0 Å². The number of nitrogens with zero attached hydrogens (tertiary/aromatic N) is 1. The van der Waals surface area contributed by atoms with Gasteiger partial charge in [-0.1, -0.05) is 15.9 Å². The van der Waals surface area contributed by atoms with Crippen molar-refractivity contribution in [3.63, 3.8) is 0 Å². The summed E-state index contributed by atoms with van der Waals surface area (Å²) in [5.74, 6) is -0.804. The van der Waals surface area contributed by atoms with Gasteiger partial charge in [0, 0.05) is 17.2 Å². The Bertz CT molecular complexity index is 733. The van der Waals surface area contributed by atoms with Gasteiger partial charge in [0.2, 0.25) is 0 Å². The second-order valence-corrected chi connectivity index (χ2v) is 6.99. The Morgan fingerprint density at radius 2 is 1.75 bits per heavy atom. The largest absolute Gasteiger partial charge is 0.399 e. The zero-order chi connectivity index (χ0) is 14.9. The van der Waals surface area contributed by atoms with Crippen LogP contribution in [0.3, 0.4) is 0 Å². The molecule has 0 amide bonds. The summed E-state index contributed by atoms with van der Waals surface area (Å²) in [6.07, 6.45) is 0. The molecule has 0 aliphatic heterocycles. The zero-order valence-electron chi connectivity index (χ0n) is 10.5. The molecule has 0 atom stereocenters. The Morgan fingerprint density at radius 3 is 2.30 bits per heavy atom. The van der Waals surface area contributed by atoms with Crippen molar-refractivity contribution in [3.05, 3.63) is 52.8 Å². The Balaban J connectivity index is 2.46. The Morgan fingerprint density at radius 1 is 1.15 bits per heavy atom. The highest BCUT2D eigenvalue weighted by atomic mass is 79.9. The second-order valence-electron chi connectivity index (χ2n) is 4.14. The lowest BCUT2D eigenvalue weighted by atomic mass is 10.3. The molecule has 4 nitrogen and oxygen atoms in total. The third kappa shape index (κ3) is 2.78. The fourth-order valence-electron chi connectivity index (χ4n) is 1.65. The van der Waals surface area contributed by atoms with E-state index in [1.807, 2.05) is 0 Å². The molecule has 0 fully saturated rings. The lowest BCUT2D eigenvalue weighted by Crippen LogP contribution is -2.27. The molecule has 20 heavy (non-hydrogen) atoms. The number of sulfonamides is 1. The predicted octanol–water partition coefficient (Wildman–Crippen LogP) is 3.00. The predicted molar refractivity (Wildman–Crippen MR) is 80.5 cm³/mol. The highest BCUT2D eigenvalue weighted by Crippen LogP contribution is 2.26. The van der Waals surface area contributed by atoms with Crippen molar-refractivity contribution in [1.82, 2.24) is 0 Å². The minimum absolute atomic E-state index is 0.375. The molecule has 0 aliphatic carbocycles. The molecule has 0 aliphatic rings. The first-order chi connectivity index (χ1) is 9.32. The average Bonchev–Trinajstić information content (AvgIpc) is 2.38. The van der Waals surface area contributed by atoms with Gasteiger partial charge in [0.25, 0.3) is 10.0 Å². The average molecular weight is 359 g/mol. The fraction of sp³-hybridized carbons (Fsp3) is 0.0769. The third-order valence-electron chi connectivity index (χ3n) is 2.79. The topological polar surface area (TPSA) is 63.4 Å². The number of rotatable bonds is 3. The first-order valence-corrected chi connectivity index (χ1v) is 7.85. The quantitative estimate of drug-likeness (QED) is 0.857. The van der Waals surface area contributed by atoms with Crippen molar-refractivity contribution in [3.8, 4) is 0 Å². The van der Waals surface area contributed by atoms with E-state index in [0.717, 1.165) is 10.4 Å². The number of hydrogen-bond acceptors (Lipinski definition) is 3. The maximum absolute atomic E-state index is 13.8. The van der Waals surface area contributed by atoms with Crippen molar-refractivity contribution in [2.45, 2.75) is 4.90 Å². The molecule has 7 heteroatoms. The number of halogens is 2. The van der Waals surface area contributed by atoms with Gasteiger partial charge in [-0.05, 0) is 42.5 Å². The van der Waals surface area contributed by atoms with E-state index in [1.54, 1.807) is 24.3 Å². The molecular weight excluding hydrogens is 347 g/mol. The van der Waals surface area contributed by atoms with Crippen LogP contribution in [0.2, 0.25) is 0 Å². The molecule has 0 bridgehead atoms. The van der Waals surface area contributed by atoms with Crippen LogP contribution < -0.4 is 10.0 Å². The van der Waals surface area contributed by atoms with Gasteiger partial charge in [0.15, 0.2) is 0 Å². The molecule has 0 saturated carbocycles. The van der Waals surface area contributed by atoms with Crippen molar-refractivity contribution in [2.75, 3.05) is 17.1 Å².